The third-order valence-corrected chi connectivity index (χ3v) is 3.35. The van der Waals surface area contributed by atoms with Gasteiger partial charge in [0.05, 0.1) is 19.7 Å². The van der Waals surface area contributed by atoms with Crippen molar-refractivity contribution in [1.82, 2.24) is 9.80 Å². The highest BCUT2D eigenvalue weighted by molar-refractivity contribution is 5.92. The number of esters is 1. The Balaban J connectivity index is 2.17. The first-order chi connectivity index (χ1) is 9.58. The Morgan fingerprint density at radius 2 is 1.70 bits per heavy atom. The van der Waals surface area contributed by atoms with E-state index in [9.17, 15) is 14.4 Å². The highest BCUT2D eigenvalue weighted by Gasteiger charge is 2.28. The van der Waals surface area contributed by atoms with Crippen LogP contribution in [-0.2, 0) is 19.1 Å². The number of likely N-dealkylation sites (N-methyl/N-ethyl adjacent to an activating group) is 1. The lowest BCUT2D eigenvalue weighted by Crippen LogP contribution is -2.53. The number of nitrogens with zero attached hydrogens (tertiary/aromatic N) is 2. The van der Waals surface area contributed by atoms with E-state index in [0.717, 1.165) is 19.3 Å². The summed E-state index contributed by atoms with van der Waals surface area (Å²) < 4.78 is 4.84. The zero-order valence-corrected chi connectivity index (χ0v) is 12.4. The molecule has 1 saturated heterocycles. The number of amides is 2. The molecule has 0 radical (unpaired) electrons. The van der Waals surface area contributed by atoms with E-state index >= 15 is 0 Å². The van der Waals surface area contributed by atoms with Crippen LogP contribution in [0.25, 0.3) is 0 Å². The number of carbonyl (C=O) groups is 3. The van der Waals surface area contributed by atoms with Crippen molar-refractivity contribution in [3.05, 3.63) is 0 Å². The Bertz CT molecular complexity index is 357. The smallest absolute Gasteiger partial charge is 0.305 e. The molecule has 0 saturated carbocycles. The molecule has 0 aliphatic carbocycles. The highest BCUT2D eigenvalue weighted by atomic mass is 16.5. The Kier molecular flexibility index (Phi) is 7.04. The molecule has 0 atom stereocenters. The fourth-order valence-corrected chi connectivity index (χ4v) is 2.18. The summed E-state index contributed by atoms with van der Waals surface area (Å²) in [6.07, 6.45) is 2.85. The first kappa shape index (κ1) is 16.5. The van der Waals surface area contributed by atoms with Gasteiger partial charge in [-0.15, -0.1) is 0 Å². The molecule has 6 nitrogen and oxygen atoms in total. The maximum Gasteiger partial charge on any atom is 0.305 e. The van der Waals surface area contributed by atoms with E-state index in [2.05, 4.69) is 0 Å². The normalized spacial score (nSPS) is 15.7. The van der Waals surface area contributed by atoms with Gasteiger partial charge in [-0.1, -0.05) is 6.42 Å². The molecule has 0 aromatic carbocycles. The van der Waals surface area contributed by atoms with Crippen molar-refractivity contribution in [1.29, 1.82) is 0 Å². The van der Waals surface area contributed by atoms with Gasteiger partial charge in [-0.25, -0.2) is 0 Å². The van der Waals surface area contributed by atoms with Crippen molar-refractivity contribution in [3.63, 3.8) is 0 Å². The number of rotatable bonds is 8. The van der Waals surface area contributed by atoms with Crippen molar-refractivity contribution >= 4 is 17.8 Å². The predicted molar refractivity (Wildman–Crippen MR) is 73.9 cm³/mol. The molecule has 1 aliphatic rings. The third kappa shape index (κ3) is 5.19. The third-order valence-electron chi connectivity index (χ3n) is 3.35. The molecule has 2 amide bonds. The molecule has 0 aromatic heterocycles. The van der Waals surface area contributed by atoms with Gasteiger partial charge in [0.15, 0.2) is 0 Å². The second kappa shape index (κ2) is 8.55. The topological polar surface area (TPSA) is 66.9 Å². The van der Waals surface area contributed by atoms with E-state index in [1.807, 2.05) is 6.92 Å². The monoisotopic (exact) mass is 284 g/mol. The van der Waals surface area contributed by atoms with Crippen molar-refractivity contribution in [2.75, 3.05) is 32.8 Å². The quantitative estimate of drug-likeness (QED) is 0.488. The predicted octanol–water partition coefficient (Wildman–Crippen LogP) is 0.801. The number of carbonyl (C=O) groups excluding carboxylic acids is 3. The lowest BCUT2D eigenvalue weighted by molar-refractivity contribution is -0.149. The maximum absolute atomic E-state index is 11.8. The minimum Gasteiger partial charge on any atom is -0.466 e. The van der Waals surface area contributed by atoms with Crippen LogP contribution in [-0.4, -0.2) is 60.4 Å². The Morgan fingerprint density at radius 3 is 2.35 bits per heavy atom. The summed E-state index contributed by atoms with van der Waals surface area (Å²) in [6.45, 7) is 5.62. The van der Waals surface area contributed by atoms with Gasteiger partial charge in [-0.2, -0.15) is 0 Å². The van der Waals surface area contributed by atoms with E-state index in [-0.39, 0.29) is 30.9 Å². The van der Waals surface area contributed by atoms with E-state index in [4.69, 9.17) is 4.74 Å². The summed E-state index contributed by atoms with van der Waals surface area (Å²) in [5.41, 5.74) is 0. The average molecular weight is 284 g/mol. The largest absolute Gasteiger partial charge is 0.466 e. The van der Waals surface area contributed by atoms with Gasteiger partial charge < -0.3 is 14.5 Å². The van der Waals surface area contributed by atoms with Crippen molar-refractivity contribution in [2.45, 2.75) is 39.5 Å². The van der Waals surface area contributed by atoms with Gasteiger partial charge in [-0.3, -0.25) is 14.4 Å². The molecule has 0 N–H and O–H groups in total. The van der Waals surface area contributed by atoms with Crippen LogP contribution in [0.1, 0.15) is 39.5 Å². The second-order valence-corrected chi connectivity index (χ2v) is 4.84. The maximum atomic E-state index is 11.8. The molecule has 20 heavy (non-hydrogen) atoms. The van der Waals surface area contributed by atoms with Crippen LogP contribution in [0.15, 0.2) is 0 Å². The molecule has 1 rings (SSSR count). The zero-order chi connectivity index (χ0) is 15.0. The van der Waals surface area contributed by atoms with Crippen LogP contribution in [0.5, 0.6) is 0 Å². The average Bonchev–Trinajstić information content (AvgIpc) is 2.42. The summed E-state index contributed by atoms with van der Waals surface area (Å²) in [7, 11) is 0. The minimum atomic E-state index is -0.171. The summed E-state index contributed by atoms with van der Waals surface area (Å²) in [4.78, 5) is 37.8. The zero-order valence-electron chi connectivity index (χ0n) is 12.4. The number of ether oxygens (including phenoxy) is 1. The standard InChI is InChI=1S/C14H24N2O4/c1-3-15-10-13(18)16(11-12(15)17)9-7-5-6-8-14(19)20-4-2/h3-11H2,1-2H3. The molecule has 0 aromatic rings. The molecule has 1 aliphatic heterocycles. The fraction of sp³-hybridized carbons (Fsp3) is 0.786. The SMILES string of the molecule is CCOC(=O)CCCCCN1CC(=O)N(CC)CC1=O. The molecular formula is C14H24N2O4. The van der Waals surface area contributed by atoms with Gasteiger partial charge in [0.2, 0.25) is 11.8 Å². The lowest BCUT2D eigenvalue weighted by atomic mass is 10.1. The fourth-order valence-electron chi connectivity index (χ4n) is 2.18. The molecule has 0 spiro atoms. The summed E-state index contributed by atoms with van der Waals surface area (Å²) in [5, 5.41) is 0. The van der Waals surface area contributed by atoms with Gasteiger partial charge in [0.1, 0.15) is 0 Å². The molecule has 6 heteroatoms. The second-order valence-electron chi connectivity index (χ2n) is 4.84. The number of piperazine rings is 1. The molecule has 0 bridgehead atoms. The lowest BCUT2D eigenvalue weighted by Gasteiger charge is -2.33. The first-order valence-electron chi connectivity index (χ1n) is 7.29. The molecule has 1 heterocycles. The van der Waals surface area contributed by atoms with Crippen molar-refractivity contribution < 1.29 is 19.1 Å². The highest BCUT2D eigenvalue weighted by Crippen LogP contribution is 2.08. The van der Waals surface area contributed by atoms with Crippen LogP contribution >= 0.6 is 0 Å². The van der Waals surface area contributed by atoms with Crippen LogP contribution < -0.4 is 0 Å². The van der Waals surface area contributed by atoms with E-state index < -0.39 is 0 Å². The number of hydrogen-bond acceptors (Lipinski definition) is 4. The van der Waals surface area contributed by atoms with Gasteiger partial charge in [0.25, 0.3) is 0 Å². The van der Waals surface area contributed by atoms with Crippen LogP contribution in [0, 0.1) is 0 Å². The molecule has 0 unspecified atom stereocenters. The van der Waals surface area contributed by atoms with Gasteiger partial charge in [0, 0.05) is 19.5 Å². The van der Waals surface area contributed by atoms with E-state index in [0.29, 0.717) is 26.1 Å². The summed E-state index contributed by atoms with van der Waals surface area (Å²) in [5.74, 6) is -0.147. The van der Waals surface area contributed by atoms with E-state index in [1.54, 1.807) is 16.7 Å². The Morgan fingerprint density at radius 1 is 1.05 bits per heavy atom. The molecule has 1 fully saturated rings. The van der Waals surface area contributed by atoms with Crippen LogP contribution in [0.3, 0.4) is 0 Å². The molecule has 114 valence electrons. The van der Waals surface area contributed by atoms with Crippen molar-refractivity contribution in [2.24, 2.45) is 0 Å². The first-order valence-corrected chi connectivity index (χ1v) is 7.29. The van der Waals surface area contributed by atoms with Crippen LogP contribution in [0.2, 0.25) is 0 Å². The van der Waals surface area contributed by atoms with Gasteiger partial charge >= 0.3 is 5.97 Å². The number of unbranched alkanes of at least 4 members (excludes halogenated alkanes) is 2. The van der Waals surface area contributed by atoms with Crippen LogP contribution in [0.4, 0.5) is 0 Å². The summed E-state index contributed by atoms with van der Waals surface area (Å²) >= 11 is 0. The Hall–Kier alpha value is -1.59. The number of hydrogen-bond donors (Lipinski definition) is 0. The van der Waals surface area contributed by atoms with Crippen molar-refractivity contribution in [3.8, 4) is 0 Å². The van der Waals surface area contributed by atoms with E-state index in [1.165, 1.54) is 0 Å². The Labute approximate surface area is 120 Å². The molecular weight excluding hydrogens is 260 g/mol. The summed E-state index contributed by atoms with van der Waals surface area (Å²) in [6, 6.07) is 0. The van der Waals surface area contributed by atoms with Gasteiger partial charge in [-0.05, 0) is 26.7 Å². The minimum absolute atomic E-state index is 0.0110.